The summed E-state index contributed by atoms with van der Waals surface area (Å²) in [7, 11) is 1.55. The fourth-order valence-corrected chi connectivity index (χ4v) is 2.67. The van der Waals surface area contributed by atoms with E-state index in [2.05, 4.69) is 10.6 Å². The predicted molar refractivity (Wildman–Crippen MR) is 96.8 cm³/mol. The number of carbonyl (C=O) groups is 4. The first-order chi connectivity index (χ1) is 12.3. The minimum Gasteiger partial charge on any atom is -0.347 e. The monoisotopic (exact) mass is 380 g/mol. The molecule has 1 aromatic carbocycles. The van der Waals surface area contributed by atoms with Gasteiger partial charge in [0.2, 0.25) is 17.7 Å². The zero-order valence-electron chi connectivity index (χ0n) is 14.7. The summed E-state index contributed by atoms with van der Waals surface area (Å²) in [5, 5.41) is 5.74. The van der Waals surface area contributed by atoms with Gasteiger partial charge in [0.15, 0.2) is 0 Å². The lowest BCUT2D eigenvalue weighted by Crippen LogP contribution is -2.35. The molecule has 5 amide bonds. The van der Waals surface area contributed by atoms with Gasteiger partial charge >= 0.3 is 6.03 Å². The molecule has 2 N–H and O–H groups in total. The van der Waals surface area contributed by atoms with E-state index in [-0.39, 0.29) is 49.8 Å². The molecule has 0 aromatic heterocycles. The highest BCUT2D eigenvalue weighted by Gasteiger charge is 2.32. The minimum absolute atomic E-state index is 0.0636. The molecule has 1 aromatic rings. The molecule has 0 bridgehead atoms. The highest BCUT2D eigenvalue weighted by molar-refractivity contribution is 6.31. The third-order valence-electron chi connectivity index (χ3n) is 4.00. The first-order valence-electron chi connectivity index (χ1n) is 8.16. The van der Waals surface area contributed by atoms with E-state index in [9.17, 15) is 19.2 Å². The molecule has 0 saturated carbocycles. The van der Waals surface area contributed by atoms with Crippen molar-refractivity contribution in [3.8, 4) is 0 Å². The Labute approximate surface area is 156 Å². The Morgan fingerprint density at radius 1 is 1.23 bits per heavy atom. The van der Waals surface area contributed by atoms with Crippen LogP contribution in [0, 0.1) is 6.92 Å². The lowest BCUT2D eigenvalue weighted by molar-refractivity contribution is -0.126. The third-order valence-corrected chi connectivity index (χ3v) is 4.41. The van der Waals surface area contributed by atoms with Gasteiger partial charge in [0.1, 0.15) is 6.54 Å². The molecule has 8 nitrogen and oxygen atoms in total. The van der Waals surface area contributed by atoms with Crippen molar-refractivity contribution in [3.05, 3.63) is 28.8 Å². The number of imide groups is 1. The van der Waals surface area contributed by atoms with Gasteiger partial charge in [-0.2, -0.15) is 0 Å². The quantitative estimate of drug-likeness (QED) is 0.698. The van der Waals surface area contributed by atoms with Gasteiger partial charge in [0.25, 0.3) is 0 Å². The maximum absolute atomic E-state index is 11.9. The lowest BCUT2D eigenvalue weighted by atomic mass is 10.2. The molecular weight excluding hydrogens is 360 g/mol. The second-order valence-corrected chi connectivity index (χ2v) is 6.43. The Hall–Kier alpha value is -2.61. The second kappa shape index (κ2) is 8.66. The molecule has 1 heterocycles. The molecule has 1 aliphatic heterocycles. The number of urea groups is 1. The Morgan fingerprint density at radius 2 is 1.96 bits per heavy atom. The molecule has 0 radical (unpaired) electrons. The minimum atomic E-state index is -0.366. The van der Waals surface area contributed by atoms with Gasteiger partial charge in [0.05, 0.1) is 6.54 Å². The number of nitrogens with zero attached hydrogens (tertiary/aromatic N) is 2. The van der Waals surface area contributed by atoms with Gasteiger partial charge in [-0.15, -0.1) is 0 Å². The number of hydrogen-bond acceptors (Lipinski definition) is 4. The zero-order valence-corrected chi connectivity index (χ0v) is 15.4. The first-order valence-corrected chi connectivity index (χ1v) is 8.54. The summed E-state index contributed by atoms with van der Waals surface area (Å²) >= 11 is 5.99. The molecule has 140 valence electrons. The van der Waals surface area contributed by atoms with Gasteiger partial charge in [-0.3, -0.25) is 19.3 Å². The fraction of sp³-hybridized carbons (Fsp3) is 0.412. The fourth-order valence-electron chi connectivity index (χ4n) is 2.49. The Morgan fingerprint density at radius 3 is 2.62 bits per heavy atom. The number of halogens is 1. The second-order valence-electron chi connectivity index (χ2n) is 6.02. The SMILES string of the molecule is Cc1c(Cl)cccc1NC(=O)CNC(=O)CCCN1C(=O)CN(C)C1=O. The van der Waals surface area contributed by atoms with E-state index in [1.807, 2.05) is 0 Å². The Kier molecular flexibility index (Phi) is 6.57. The summed E-state index contributed by atoms with van der Waals surface area (Å²) in [6, 6.07) is 4.82. The van der Waals surface area contributed by atoms with Crippen molar-refractivity contribution in [1.82, 2.24) is 15.1 Å². The number of hydrogen-bond donors (Lipinski definition) is 2. The summed E-state index contributed by atoms with van der Waals surface area (Å²) in [5.74, 6) is -0.958. The number of anilines is 1. The van der Waals surface area contributed by atoms with Crippen LogP contribution in [0.25, 0.3) is 0 Å². The topological polar surface area (TPSA) is 98.8 Å². The van der Waals surface area contributed by atoms with Crippen LogP contribution in [0.2, 0.25) is 5.02 Å². The van der Waals surface area contributed by atoms with Gasteiger partial charge in [0, 0.05) is 30.7 Å². The van der Waals surface area contributed by atoms with E-state index >= 15 is 0 Å². The molecule has 1 fully saturated rings. The van der Waals surface area contributed by atoms with Crippen molar-refractivity contribution < 1.29 is 19.2 Å². The highest BCUT2D eigenvalue weighted by atomic mass is 35.5. The van der Waals surface area contributed by atoms with Crippen molar-refractivity contribution in [1.29, 1.82) is 0 Å². The number of likely N-dealkylation sites (N-methyl/N-ethyl adjacent to an activating group) is 1. The van der Waals surface area contributed by atoms with Crippen molar-refractivity contribution >= 4 is 41.0 Å². The zero-order chi connectivity index (χ0) is 19.3. The molecule has 1 aliphatic rings. The van der Waals surface area contributed by atoms with E-state index in [1.54, 1.807) is 32.2 Å². The number of carbonyl (C=O) groups excluding carboxylic acids is 4. The number of benzene rings is 1. The molecule has 0 spiro atoms. The molecule has 9 heteroatoms. The molecule has 0 unspecified atom stereocenters. The van der Waals surface area contributed by atoms with Crippen LogP contribution in [0.1, 0.15) is 18.4 Å². The van der Waals surface area contributed by atoms with Crippen molar-refractivity contribution in [2.24, 2.45) is 0 Å². The summed E-state index contributed by atoms with van der Waals surface area (Å²) < 4.78 is 0. The van der Waals surface area contributed by atoms with Crippen LogP contribution in [-0.2, 0) is 14.4 Å². The number of rotatable bonds is 7. The Balaban J connectivity index is 1.70. The van der Waals surface area contributed by atoms with Crippen LogP contribution in [-0.4, -0.2) is 60.2 Å². The van der Waals surface area contributed by atoms with Crippen LogP contribution in [0.15, 0.2) is 18.2 Å². The van der Waals surface area contributed by atoms with Gasteiger partial charge in [-0.25, -0.2) is 4.79 Å². The molecule has 26 heavy (non-hydrogen) atoms. The number of amides is 5. The van der Waals surface area contributed by atoms with Crippen LogP contribution in [0.5, 0.6) is 0 Å². The summed E-state index contributed by atoms with van der Waals surface area (Å²) in [4.78, 5) is 49.5. The van der Waals surface area contributed by atoms with Crippen LogP contribution in [0.3, 0.4) is 0 Å². The Bertz CT molecular complexity index is 737. The normalized spacial score (nSPS) is 14.0. The van der Waals surface area contributed by atoms with E-state index < -0.39 is 0 Å². The third kappa shape index (κ3) is 4.95. The number of nitrogens with one attached hydrogen (secondary N) is 2. The van der Waals surface area contributed by atoms with Crippen LogP contribution < -0.4 is 10.6 Å². The maximum Gasteiger partial charge on any atom is 0.326 e. The largest absolute Gasteiger partial charge is 0.347 e. The first kappa shape index (κ1) is 19.7. The van der Waals surface area contributed by atoms with Gasteiger partial charge < -0.3 is 15.5 Å². The van der Waals surface area contributed by atoms with E-state index in [1.165, 1.54) is 4.90 Å². The summed E-state index contributed by atoms with van der Waals surface area (Å²) in [6.45, 7) is 1.86. The van der Waals surface area contributed by atoms with Crippen LogP contribution >= 0.6 is 11.6 Å². The van der Waals surface area contributed by atoms with Crippen LogP contribution in [0.4, 0.5) is 10.5 Å². The lowest BCUT2D eigenvalue weighted by Gasteiger charge is -2.13. The van der Waals surface area contributed by atoms with Crippen molar-refractivity contribution in [2.45, 2.75) is 19.8 Å². The standard InChI is InChI=1S/C17H21ClN4O4/c1-11-12(18)5-3-6-13(11)20-15(24)9-19-14(23)7-4-8-22-16(25)10-21(2)17(22)26/h3,5-6H,4,7-10H2,1-2H3,(H,19,23)(H,20,24). The molecule has 1 saturated heterocycles. The smallest absolute Gasteiger partial charge is 0.326 e. The predicted octanol–water partition coefficient (Wildman–Crippen LogP) is 1.38. The average molecular weight is 381 g/mol. The molecule has 0 atom stereocenters. The highest BCUT2D eigenvalue weighted by Crippen LogP contribution is 2.22. The average Bonchev–Trinajstić information content (AvgIpc) is 2.83. The van der Waals surface area contributed by atoms with Crippen molar-refractivity contribution in [3.63, 3.8) is 0 Å². The van der Waals surface area contributed by atoms with Crippen molar-refractivity contribution in [2.75, 3.05) is 32.0 Å². The van der Waals surface area contributed by atoms with E-state index in [0.29, 0.717) is 17.1 Å². The summed E-state index contributed by atoms with van der Waals surface area (Å²) in [5.41, 5.74) is 1.34. The van der Waals surface area contributed by atoms with E-state index in [0.717, 1.165) is 10.5 Å². The van der Waals surface area contributed by atoms with E-state index in [4.69, 9.17) is 11.6 Å². The maximum atomic E-state index is 11.9. The van der Waals surface area contributed by atoms with Gasteiger partial charge in [-0.05, 0) is 31.0 Å². The summed E-state index contributed by atoms with van der Waals surface area (Å²) in [6.07, 6.45) is 0.455. The molecule has 0 aliphatic carbocycles. The van der Waals surface area contributed by atoms with Gasteiger partial charge in [-0.1, -0.05) is 17.7 Å². The molecule has 2 rings (SSSR count). The molecular formula is C17H21ClN4O4.